The number of nitrogens with zero attached hydrogens (tertiary/aromatic N) is 2. The summed E-state index contributed by atoms with van der Waals surface area (Å²) in [6.07, 6.45) is 2.00. The number of hydrogen-bond acceptors (Lipinski definition) is 4. The highest BCUT2D eigenvalue weighted by molar-refractivity contribution is 5.76. The zero-order valence-corrected chi connectivity index (χ0v) is 12.3. The number of carboxylic acid groups (broad SMARTS) is 1. The average Bonchev–Trinajstić information content (AvgIpc) is 2.47. The number of carbonyl (C=O) groups is 1. The summed E-state index contributed by atoms with van der Waals surface area (Å²) in [5, 5.41) is 20.5. The molecule has 0 aliphatic carbocycles. The van der Waals surface area contributed by atoms with Gasteiger partial charge in [0.1, 0.15) is 0 Å². The molecular formula is C15H20N2O4. The van der Waals surface area contributed by atoms with Gasteiger partial charge < -0.3 is 10.0 Å². The number of anilines is 1. The van der Waals surface area contributed by atoms with E-state index in [4.69, 9.17) is 0 Å². The topological polar surface area (TPSA) is 83.7 Å². The van der Waals surface area contributed by atoms with E-state index in [2.05, 4.69) is 0 Å². The molecule has 0 aromatic heterocycles. The van der Waals surface area contributed by atoms with Gasteiger partial charge in [0.05, 0.1) is 10.3 Å². The van der Waals surface area contributed by atoms with Gasteiger partial charge in [0, 0.05) is 30.4 Å². The molecule has 1 saturated heterocycles. The summed E-state index contributed by atoms with van der Waals surface area (Å²) >= 11 is 0. The fourth-order valence-corrected chi connectivity index (χ4v) is 2.96. The molecule has 2 rings (SSSR count). The molecule has 1 aromatic carbocycles. The minimum absolute atomic E-state index is 0.0792. The number of piperidine rings is 1. The van der Waals surface area contributed by atoms with Crippen LogP contribution in [0.2, 0.25) is 0 Å². The first-order chi connectivity index (χ1) is 9.89. The first-order valence-corrected chi connectivity index (χ1v) is 7.13. The second-order valence-electron chi connectivity index (χ2n) is 5.69. The van der Waals surface area contributed by atoms with E-state index in [1.165, 1.54) is 0 Å². The van der Waals surface area contributed by atoms with Gasteiger partial charge in [0.25, 0.3) is 5.69 Å². The average molecular weight is 292 g/mol. The molecular weight excluding hydrogens is 272 g/mol. The minimum Gasteiger partial charge on any atom is -0.481 e. The Morgan fingerprint density at radius 2 is 2.24 bits per heavy atom. The van der Waals surface area contributed by atoms with Gasteiger partial charge in [-0.15, -0.1) is 0 Å². The fourth-order valence-electron chi connectivity index (χ4n) is 2.96. The van der Waals surface area contributed by atoms with E-state index in [1.54, 1.807) is 19.1 Å². The van der Waals surface area contributed by atoms with E-state index in [0.29, 0.717) is 24.9 Å². The molecule has 1 unspecified atom stereocenters. The second kappa shape index (κ2) is 5.71. The second-order valence-corrected chi connectivity index (χ2v) is 5.69. The van der Waals surface area contributed by atoms with Crippen LogP contribution >= 0.6 is 0 Å². The number of carboxylic acids is 1. The molecule has 1 N–H and O–H groups in total. The lowest BCUT2D eigenvalue weighted by atomic mass is 9.77. The molecule has 1 heterocycles. The third-order valence-corrected chi connectivity index (χ3v) is 4.46. The van der Waals surface area contributed by atoms with Crippen molar-refractivity contribution in [3.63, 3.8) is 0 Å². The largest absolute Gasteiger partial charge is 0.481 e. The number of nitro groups is 1. The Labute approximate surface area is 123 Å². The third kappa shape index (κ3) is 2.84. The van der Waals surface area contributed by atoms with Crippen LogP contribution in [0.1, 0.15) is 31.7 Å². The monoisotopic (exact) mass is 292 g/mol. The maximum absolute atomic E-state index is 11.6. The number of aliphatic carboxylic acids is 1. The van der Waals surface area contributed by atoms with Crippen LogP contribution in [0.5, 0.6) is 0 Å². The van der Waals surface area contributed by atoms with Crippen molar-refractivity contribution < 1.29 is 14.8 Å². The van der Waals surface area contributed by atoms with E-state index in [-0.39, 0.29) is 5.69 Å². The van der Waals surface area contributed by atoms with Gasteiger partial charge in [-0.3, -0.25) is 14.9 Å². The number of rotatable bonds is 4. The first kappa shape index (κ1) is 15.3. The Bertz CT molecular complexity index is 573. The van der Waals surface area contributed by atoms with E-state index in [0.717, 1.165) is 18.7 Å². The van der Waals surface area contributed by atoms with E-state index >= 15 is 0 Å². The maximum Gasteiger partial charge on any atom is 0.311 e. The summed E-state index contributed by atoms with van der Waals surface area (Å²) in [6.45, 7) is 4.72. The van der Waals surface area contributed by atoms with Crippen LogP contribution in [0.3, 0.4) is 0 Å². The standard InChI is InChI=1S/C15H20N2O4/c1-3-15(14(18)19)7-4-8-16(10-15)12-6-5-11(2)13(9-12)17(20)21/h5-6,9H,3-4,7-8,10H2,1-2H3,(H,18,19). The molecule has 1 aromatic rings. The quantitative estimate of drug-likeness (QED) is 0.681. The molecule has 1 atom stereocenters. The van der Waals surface area contributed by atoms with Crippen molar-refractivity contribution >= 4 is 17.3 Å². The van der Waals surface area contributed by atoms with Crippen LogP contribution in [-0.4, -0.2) is 29.1 Å². The molecule has 0 spiro atoms. The highest BCUT2D eigenvalue weighted by Gasteiger charge is 2.41. The van der Waals surface area contributed by atoms with E-state index in [9.17, 15) is 20.0 Å². The highest BCUT2D eigenvalue weighted by Crippen LogP contribution is 2.36. The van der Waals surface area contributed by atoms with Crippen LogP contribution in [0.15, 0.2) is 18.2 Å². The van der Waals surface area contributed by atoms with Crippen molar-refractivity contribution in [1.82, 2.24) is 0 Å². The predicted molar refractivity (Wildman–Crippen MR) is 79.6 cm³/mol. The van der Waals surface area contributed by atoms with Gasteiger partial charge in [0.15, 0.2) is 0 Å². The van der Waals surface area contributed by atoms with Crippen LogP contribution in [0.4, 0.5) is 11.4 Å². The molecule has 1 aliphatic rings. The Kier molecular flexibility index (Phi) is 4.16. The van der Waals surface area contributed by atoms with Crippen LogP contribution < -0.4 is 4.90 Å². The smallest absolute Gasteiger partial charge is 0.311 e. The molecule has 1 fully saturated rings. The zero-order valence-electron chi connectivity index (χ0n) is 12.3. The zero-order chi connectivity index (χ0) is 15.6. The van der Waals surface area contributed by atoms with Crippen LogP contribution in [0, 0.1) is 22.5 Å². The van der Waals surface area contributed by atoms with Crippen molar-refractivity contribution in [3.05, 3.63) is 33.9 Å². The van der Waals surface area contributed by atoms with Crippen molar-refractivity contribution in [3.8, 4) is 0 Å². The molecule has 0 radical (unpaired) electrons. The third-order valence-electron chi connectivity index (χ3n) is 4.46. The van der Waals surface area contributed by atoms with E-state index < -0.39 is 16.3 Å². The Balaban J connectivity index is 2.32. The number of aryl methyl sites for hydroxylation is 1. The number of benzene rings is 1. The Morgan fingerprint density at radius 1 is 1.52 bits per heavy atom. The van der Waals surface area contributed by atoms with Gasteiger partial charge in [-0.1, -0.05) is 13.0 Å². The summed E-state index contributed by atoms with van der Waals surface area (Å²) in [4.78, 5) is 24.2. The Morgan fingerprint density at radius 3 is 2.81 bits per heavy atom. The van der Waals surface area contributed by atoms with Gasteiger partial charge >= 0.3 is 5.97 Å². The van der Waals surface area contributed by atoms with Crippen LogP contribution in [-0.2, 0) is 4.79 Å². The normalized spacial score (nSPS) is 22.1. The van der Waals surface area contributed by atoms with Gasteiger partial charge in [-0.25, -0.2) is 0 Å². The summed E-state index contributed by atoms with van der Waals surface area (Å²) in [7, 11) is 0. The van der Waals surface area contributed by atoms with E-state index in [1.807, 2.05) is 17.9 Å². The van der Waals surface area contributed by atoms with Crippen molar-refractivity contribution in [2.45, 2.75) is 33.1 Å². The summed E-state index contributed by atoms with van der Waals surface area (Å²) in [5.74, 6) is -0.781. The van der Waals surface area contributed by atoms with Gasteiger partial charge in [-0.05, 0) is 32.3 Å². The Hall–Kier alpha value is -2.11. The molecule has 21 heavy (non-hydrogen) atoms. The lowest BCUT2D eigenvalue weighted by Gasteiger charge is -2.40. The number of hydrogen-bond donors (Lipinski definition) is 1. The molecule has 6 nitrogen and oxygen atoms in total. The molecule has 0 amide bonds. The summed E-state index contributed by atoms with van der Waals surface area (Å²) < 4.78 is 0. The SMILES string of the molecule is CCC1(C(=O)O)CCCN(c2ccc(C)c([N+](=O)[O-])c2)C1. The molecule has 114 valence electrons. The predicted octanol–water partition coefficient (Wildman–Crippen LogP) is 2.98. The molecule has 1 aliphatic heterocycles. The maximum atomic E-state index is 11.6. The van der Waals surface area contributed by atoms with Crippen LogP contribution in [0.25, 0.3) is 0 Å². The van der Waals surface area contributed by atoms with Gasteiger partial charge in [-0.2, -0.15) is 0 Å². The fraction of sp³-hybridized carbons (Fsp3) is 0.533. The molecule has 0 bridgehead atoms. The van der Waals surface area contributed by atoms with Crippen molar-refractivity contribution in [2.75, 3.05) is 18.0 Å². The summed E-state index contributed by atoms with van der Waals surface area (Å²) in [6, 6.07) is 5.09. The number of nitro benzene ring substituents is 1. The lowest BCUT2D eigenvalue weighted by Crippen LogP contribution is -2.47. The minimum atomic E-state index is -0.781. The highest BCUT2D eigenvalue weighted by atomic mass is 16.6. The first-order valence-electron chi connectivity index (χ1n) is 7.13. The molecule has 0 saturated carbocycles. The summed E-state index contributed by atoms with van der Waals surface area (Å²) in [5.41, 5.74) is 0.667. The van der Waals surface area contributed by atoms with Crippen molar-refractivity contribution in [2.24, 2.45) is 5.41 Å². The van der Waals surface area contributed by atoms with Gasteiger partial charge in [0.2, 0.25) is 0 Å². The molecule has 6 heteroatoms. The van der Waals surface area contributed by atoms with Crippen molar-refractivity contribution in [1.29, 1.82) is 0 Å². The lowest BCUT2D eigenvalue weighted by molar-refractivity contribution is -0.385.